The Bertz CT molecular complexity index is 368. The molecule has 0 aliphatic carbocycles. The molecule has 18 heavy (non-hydrogen) atoms. The van der Waals surface area contributed by atoms with Crippen LogP contribution in [0.1, 0.15) is 5.56 Å². The van der Waals surface area contributed by atoms with Gasteiger partial charge < -0.3 is 4.12 Å². The SMILES string of the molecule is CSc1ccc(CC[Si](C)(C)O[Si](C)(C)C)cc1. The molecular weight excluding hydrogens is 272 g/mol. The number of rotatable bonds is 6. The van der Waals surface area contributed by atoms with Crippen LogP contribution in [0, 0.1) is 0 Å². The molecule has 1 aromatic carbocycles. The Hall–Kier alpha value is -0.0362. The van der Waals surface area contributed by atoms with Crippen LogP contribution < -0.4 is 0 Å². The number of aryl methyl sites for hydroxylation is 1. The van der Waals surface area contributed by atoms with Gasteiger partial charge in [-0.1, -0.05) is 12.1 Å². The third-order valence-corrected chi connectivity index (χ3v) is 9.61. The lowest BCUT2D eigenvalue weighted by molar-refractivity contribution is 0.547. The van der Waals surface area contributed by atoms with Crippen LogP contribution in [0.4, 0.5) is 0 Å². The van der Waals surface area contributed by atoms with Crippen molar-refractivity contribution in [1.82, 2.24) is 0 Å². The van der Waals surface area contributed by atoms with E-state index >= 15 is 0 Å². The van der Waals surface area contributed by atoms with E-state index in [0.717, 1.165) is 6.42 Å². The molecule has 0 atom stereocenters. The van der Waals surface area contributed by atoms with E-state index < -0.39 is 16.6 Å². The van der Waals surface area contributed by atoms with Gasteiger partial charge in [-0.3, -0.25) is 0 Å². The fraction of sp³-hybridized carbons (Fsp3) is 0.571. The highest BCUT2D eigenvalue weighted by atomic mass is 32.2. The first-order chi connectivity index (χ1) is 8.22. The van der Waals surface area contributed by atoms with E-state index in [1.54, 1.807) is 11.8 Å². The summed E-state index contributed by atoms with van der Waals surface area (Å²) >= 11 is 1.80. The van der Waals surface area contributed by atoms with Crippen molar-refractivity contribution in [3.63, 3.8) is 0 Å². The standard InChI is InChI=1S/C14H26OSSi2/c1-16-14-9-7-13(8-10-14)11-12-18(5,6)15-17(2,3)4/h7-10H,11-12H2,1-6H3. The van der Waals surface area contributed by atoms with Crippen molar-refractivity contribution in [3.05, 3.63) is 29.8 Å². The second-order valence-corrected chi connectivity index (χ2v) is 16.3. The van der Waals surface area contributed by atoms with Crippen molar-refractivity contribution in [2.24, 2.45) is 0 Å². The van der Waals surface area contributed by atoms with Crippen molar-refractivity contribution in [2.45, 2.75) is 50.1 Å². The zero-order valence-corrected chi connectivity index (χ0v) is 15.4. The first kappa shape index (κ1) is 16.0. The third kappa shape index (κ3) is 6.22. The summed E-state index contributed by atoms with van der Waals surface area (Å²) in [5.41, 5.74) is 1.44. The Morgan fingerprint density at radius 3 is 2.00 bits per heavy atom. The lowest BCUT2D eigenvalue weighted by Gasteiger charge is -2.31. The molecule has 0 saturated heterocycles. The van der Waals surface area contributed by atoms with Crippen LogP contribution in [0.5, 0.6) is 0 Å². The zero-order valence-electron chi connectivity index (χ0n) is 12.5. The van der Waals surface area contributed by atoms with Gasteiger partial charge in [0.1, 0.15) is 0 Å². The molecule has 0 spiro atoms. The first-order valence-corrected chi connectivity index (χ1v) is 14.3. The third-order valence-electron chi connectivity index (χ3n) is 2.76. The number of hydrogen-bond acceptors (Lipinski definition) is 2. The maximum atomic E-state index is 6.37. The average Bonchev–Trinajstić information content (AvgIpc) is 2.24. The fourth-order valence-corrected chi connectivity index (χ4v) is 10.5. The zero-order chi connectivity index (χ0) is 13.8. The highest BCUT2D eigenvalue weighted by Crippen LogP contribution is 2.22. The quantitative estimate of drug-likeness (QED) is 0.539. The highest BCUT2D eigenvalue weighted by molar-refractivity contribution is 7.98. The molecule has 0 aromatic heterocycles. The molecular formula is C14H26OSSi2. The predicted octanol–water partition coefficient (Wildman–Crippen LogP) is 5.01. The Morgan fingerprint density at radius 1 is 1.00 bits per heavy atom. The maximum Gasteiger partial charge on any atom is 0.173 e. The molecule has 0 unspecified atom stereocenters. The molecule has 1 nitrogen and oxygen atoms in total. The van der Waals surface area contributed by atoms with Crippen LogP contribution in [-0.2, 0) is 10.5 Å². The average molecular weight is 299 g/mol. The number of thioether (sulfide) groups is 1. The Kier molecular flexibility index (Phi) is 5.71. The van der Waals surface area contributed by atoms with Gasteiger partial charge in [0.2, 0.25) is 0 Å². The molecule has 0 radical (unpaired) electrons. The Balaban J connectivity index is 2.53. The molecule has 0 fully saturated rings. The van der Waals surface area contributed by atoms with Gasteiger partial charge in [-0.05, 0) is 69.2 Å². The van der Waals surface area contributed by atoms with E-state index in [9.17, 15) is 0 Å². The second-order valence-electron chi connectivity index (χ2n) is 6.32. The van der Waals surface area contributed by atoms with Crippen molar-refractivity contribution in [2.75, 3.05) is 6.26 Å². The molecule has 0 aliphatic heterocycles. The monoisotopic (exact) mass is 298 g/mol. The molecule has 0 N–H and O–H groups in total. The van der Waals surface area contributed by atoms with Crippen LogP contribution >= 0.6 is 11.8 Å². The molecule has 102 valence electrons. The van der Waals surface area contributed by atoms with Crippen molar-refractivity contribution < 1.29 is 4.12 Å². The molecule has 0 saturated carbocycles. The molecule has 0 amide bonds. The van der Waals surface area contributed by atoms with E-state index in [4.69, 9.17) is 4.12 Å². The van der Waals surface area contributed by atoms with Gasteiger partial charge in [0.15, 0.2) is 16.6 Å². The summed E-state index contributed by atoms with van der Waals surface area (Å²) in [4.78, 5) is 1.34. The number of hydrogen-bond donors (Lipinski definition) is 0. The second kappa shape index (κ2) is 6.41. The molecule has 1 rings (SSSR count). The molecule has 0 bridgehead atoms. The Labute approximate surface area is 119 Å². The summed E-state index contributed by atoms with van der Waals surface area (Å²) in [6.07, 6.45) is 3.27. The summed E-state index contributed by atoms with van der Waals surface area (Å²) in [5, 5.41) is 0. The van der Waals surface area contributed by atoms with Gasteiger partial charge in [0.05, 0.1) is 0 Å². The van der Waals surface area contributed by atoms with E-state index in [0.29, 0.717) is 0 Å². The molecule has 4 heteroatoms. The Morgan fingerprint density at radius 2 is 1.56 bits per heavy atom. The molecule has 0 aliphatic rings. The van der Waals surface area contributed by atoms with E-state index in [-0.39, 0.29) is 0 Å². The summed E-state index contributed by atoms with van der Waals surface area (Å²) in [7, 11) is -2.87. The van der Waals surface area contributed by atoms with Crippen LogP contribution in [-0.4, -0.2) is 22.9 Å². The van der Waals surface area contributed by atoms with Gasteiger partial charge in [-0.2, -0.15) is 0 Å². The first-order valence-electron chi connectivity index (χ1n) is 6.55. The highest BCUT2D eigenvalue weighted by Gasteiger charge is 2.29. The van der Waals surface area contributed by atoms with E-state index in [1.165, 1.54) is 16.5 Å². The van der Waals surface area contributed by atoms with Crippen molar-refractivity contribution >= 4 is 28.4 Å². The number of benzene rings is 1. The topological polar surface area (TPSA) is 9.23 Å². The minimum Gasteiger partial charge on any atom is -0.456 e. The summed E-state index contributed by atoms with van der Waals surface area (Å²) in [6.45, 7) is 11.6. The smallest absolute Gasteiger partial charge is 0.173 e. The largest absolute Gasteiger partial charge is 0.456 e. The normalized spacial score (nSPS) is 12.8. The molecule has 0 heterocycles. The van der Waals surface area contributed by atoms with Gasteiger partial charge in [-0.25, -0.2) is 0 Å². The molecule has 1 aromatic rings. The van der Waals surface area contributed by atoms with Gasteiger partial charge in [0.25, 0.3) is 0 Å². The summed E-state index contributed by atoms with van der Waals surface area (Å²) < 4.78 is 6.37. The van der Waals surface area contributed by atoms with Gasteiger partial charge in [-0.15, -0.1) is 11.8 Å². The van der Waals surface area contributed by atoms with Crippen LogP contribution in [0.2, 0.25) is 38.8 Å². The van der Waals surface area contributed by atoms with Crippen LogP contribution in [0.3, 0.4) is 0 Å². The van der Waals surface area contributed by atoms with Crippen molar-refractivity contribution in [1.29, 1.82) is 0 Å². The van der Waals surface area contributed by atoms with Crippen molar-refractivity contribution in [3.8, 4) is 0 Å². The summed E-state index contributed by atoms with van der Waals surface area (Å²) in [6, 6.07) is 10.2. The lowest BCUT2D eigenvalue weighted by Crippen LogP contribution is -2.42. The van der Waals surface area contributed by atoms with E-state index in [2.05, 4.69) is 63.3 Å². The van der Waals surface area contributed by atoms with Gasteiger partial charge in [0, 0.05) is 4.90 Å². The van der Waals surface area contributed by atoms with E-state index in [1.807, 2.05) is 0 Å². The minimum atomic E-state index is -1.49. The predicted molar refractivity (Wildman–Crippen MR) is 88.6 cm³/mol. The van der Waals surface area contributed by atoms with Crippen LogP contribution in [0.15, 0.2) is 29.2 Å². The minimum absolute atomic E-state index is 1.15. The maximum absolute atomic E-state index is 6.37. The van der Waals surface area contributed by atoms with Gasteiger partial charge >= 0.3 is 0 Å². The van der Waals surface area contributed by atoms with Crippen LogP contribution in [0.25, 0.3) is 0 Å². The lowest BCUT2D eigenvalue weighted by atomic mass is 10.2. The fourth-order valence-electron chi connectivity index (χ4n) is 2.12. The summed E-state index contributed by atoms with van der Waals surface area (Å²) in [5.74, 6) is 0.